The minimum absolute atomic E-state index is 0.513. The minimum atomic E-state index is 0.513. The van der Waals surface area contributed by atoms with Crippen molar-refractivity contribution in [3.8, 4) is 0 Å². The van der Waals surface area contributed by atoms with Crippen LogP contribution in [0.15, 0.2) is 18.2 Å². The Balaban J connectivity index is 2.16. The Labute approximate surface area is 124 Å². The van der Waals surface area contributed by atoms with E-state index in [2.05, 4.69) is 56.1 Å². The molecule has 1 aliphatic rings. The van der Waals surface area contributed by atoms with Crippen molar-refractivity contribution in [2.45, 2.75) is 59.0 Å². The second-order valence-corrected chi connectivity index (χ2v) is 6.26. The van der Waals surface area contributed by atoms with E-state index in [0.29, 0.717) is 12.1 Å². The topological polar surface area (TPSA) is 15.3 Å². The summed E-state index contributed by atoms with van der Waals surface area (Å²) in [6.45, 7) is 12.6. The van der Waals surface area contributed by atoms with Crippen LogP contribution in [0, 0.1) is 13.8 Å². The molecule has 1 aromatic carbocycles. The molecule has 2 atom stereocenters. The number of hydrogen-bond acceptors (Lipinski definition) is 2. The van der Waals surface area contributed by atoms with E-state index in [1.807, 2.05) is 0 Å². The van der Waals surface area contributed by atoms with Gasteiger partial charge in [-0.15, -0.1) is 0 Å². The van der Waals surface area contributed by atoms with E-state index in [4.69, 9.17) is 0 Å². The molecule has 1 aliphatic heterocycles. The number of nitrogens with one attached hydrogen (secondary N) is 1. The normalized spacial score (nSPS) is 21.1. The molecule has 0 spiro atoms. The molecule has 2 heteroatoms. The fourth-order valence-corrected chi connectivity index (χ4v) is 3.28. The molecule has 1 fully saturated rings. The van der Waals surface area contributed by atoms with E-state index in [-0.39, 0.29) is 0 Å². The van der Waals surface area contributed by atoms with Crippen molar-refractivity contribution in [2.75, 3.05) is 19.6 Å². The van der Waals surface area contributed by atoms with E-state index < -0.39 is 0 Å². The zero-order chi connectivity index (χ0) is 14.5. The van der Waals surface area contributed by atoms with Gasteiger partial charge in [0.05, 0.1) is 0 Å². The van der Waals surface area contributed by atoms with Gasteiger partial charge < -0.3 is 5.32 Å². The summed E-state index contributed by atoms with van der Waals surface area (Å²) in [6.07, 6.45) is 3.87. The third-order valence-corrected chi connectivity index (χ3v) is 4.73. The maximum Gasteiger partial charge on any atom is 0.0323 e. The lowest BCUT2D eigenvalue weighted by Gasteiger charge is -2.39. The van der Waals surface area contributed by atoms with E-state index in [0.717, 1.165) is 6.54 Å². The molecule has 2 nitrogen and oxygen atoms in total. The Morgan fingerprint density at radius 3 is 2.70 bits per heavy atom. The van der Waals surface area contributed by atoms with Gasteiger partial charge in [-0.25, -0.2) is 0 Å². The molecule has 0 aromatic heterocycles. The maximum atomic E-state index is 3.56. The third kappa shape index (κ3) is 3.62. The summed E-state index contributed by atoms with van der Waals surface area (Å²) in [4.78, 5) is 2.70. The van der Waals surface area contributed by atoms with Crippen LogP contribution < -0.4 is 5.32 Å². The first-order valence-electron chi connectivity index (χ1n) is 8.17. The van der Waals surface area contributed by atoms with Crippen LogP contribution in [-0.4, -0.2) is 30.6 Å². The van der Waals surface area contributed by atoms with Gasteiger partial charge in [-0.1, -0.05) is 25.1 Å². The van der Waals surface area contributed by atoms with Crippen LogP contribution in [-0.2, 0) is 0 Å². The Kier molecular flexibility index (Phi) is 5.62. The van der Waals surface area contributed by atoms with E-state index in [9.17, 15) is 0 Å². The van der Waals surface area contributed by atoms with Crippen molar-refractivity contribution >= 4 is 0 Å². The van der Waals surface area contributed by atoms with Crippen LogP contribution in [0.2, 0.25) is 0 Å². The zero-order valence-corrected chi connectivity index (χ0v) is 13.6. The van der Waals surface area contributed by atoms with Gasteiger partial charge in [-0.05, 0) is 69.8 Å². The first-order valence-corrected chi connectivity index (χ1v) is 8.17. The summed E-state index contributed by atoms with van der Waals surface area (Å²) in [5.41, 5.74) is 4.27. The monoisotopic (exact) mass is 274 g/mol. The van der Waals surface area contributed by atoms with Crippen LogP contribution in [0.4, 0.5) is 0 Å². The Morgan fingerprint density at radius 2 is 2.10 bits per heavy atom. The predicted octanol–water partition coefficient (Wildman–Crippen LogP) is 3.83. The summed E-state index contributed by atoms with van der Waals surface area (Å²) < 4.78 is 0. The standard InChI is InChI=1S/C18H30N2/c1-5-11-20(18-7-6-10-19-13-18)16(4)17-9-8-14(2)15(3)12-17/h8-9,12,16,18-19H,5-7,10-11,13H2,1-4H3. The lowest BCUT2D eigenvalue weighted by Crippen LogP contribution is -2.47. The molecule has 1 aromatic rings. The largest absolute Gasteiger partial charge is 0.315 e. The quantitative estimate of drug-likeness (QED) is 0.878. The second kappa shape index (κ2) is 7.24. The molecule has 20 heavy (non-hydrogen) atoms. The van der Waals surface area contributed by atoms with Gasteiger partial charge in [-0.3, -0.25) is 4.90 Å². The Hall–Kier alpha value is -0.860. The van der Waals surface area contributed by atoms with Gasteiger partial charge in [0.2, 0.25) is 0 Å². The summed E-state index contributed by atoms with van der Waals surface area (Å²) >= 11 is 0. The highest BCUT2D eigenvalue weighted by molar-refractivity contribution is 5.31. The molecular weight excluding hydrogens is 244 g/mol. The first kappa shape index (κ1) is 15.5. The predicted molar refractivity (Wildman–Crippen MR) is 87.2 cm³/mol. The number of rotatable bonds is 5. The molecule has 1 N–H and O–H groups in total. The molecule has 1 heterocycles. The SMILES string of the molecule is CCCN(C1CCCNC1)C(C)c1ccc(C)c(C)c1. The van der Waals surface area contributed by atoms with Gasteiger partial charge >= 0.3 is 0 Å². The van der Waals surface area contributed by atoms with Gasteiger partial charge in [0.1, 0.15) is 0 Å². The average Bonchev–Trinajstić information content (AvgIpc) is 2.48. The molecule has 0 aliphatic carbocycles. The highest BCUT2D eigenvalue weighted by Crippen LogP contribution is 2.26. The fraction of sp³-hybridized carbons (Fsp3) is 0.667. The van der Waals surface area contributed by atoms with Crippen LogP contribution >= 0.6 is 0 Å². The van der Waals surface area contributed by atoms with Crippen molar-refractivity contribution in [1.82, 2.24) is 10.2 Å². The molecule has 1 saturated heterocycles. The molecule has 2 rings (SSSR count). The number of piperidine rings is 1. The number of benzene rings is 1. The van der Waals surface area contributed by atoms with Crippen molar-refractivity contribution in [3.05, 3.63) is 34.9 Å². The van der Waals surface area contributed by atoms with Crippen LogP contribution in [0.5, 0.6) is 0 Å². The summed E-state index contributed by atoms with van der Waals surface area (Å²) in [7, 11) is 0. The van der Waals surface area contributed by atoms with Crippen LogP contribution in [0.1, 0.15) is 55.8 Å². The van der Waals surface area contributed by atoms with E-state index >= 15 is 0 Å². The lowest BCUT2D eigenvalue weighted by molar-refractivity contribution is 0.120. The molecule has 112 valence electrons. The van der Waals surface area contributed by atoms with Gasteiger partial charge in [0.15, 0.2) is 0 Å². The van der Waals surface area contributed by atoms with Crippen LogP contribution in [0.25, 0.3) is 0 Å². The number of hydrogen-bond donors (Lipinski definition) is 1. The smallest absolute Gasteiger partial charge is 0.0323 e. The number of nitrogens with zero attached hydrogens (tertiary/aromatic N) is 1. The van der Waals surface area contributed by atoms with Crippen molar-refractivity contribution in [3.63, 3.8) is 0 Å². The van der Waals surface area contributed by atoms with Crippen molar-refractivity contribution in [2.24, 2.45) is 0 Å². The average molecular weight is 274 g/mol. The summed E-state index contributed by atoms with van der Waals surface area (Å²) in [6, 6.07) is 8.16. The third-order valence-electron chi connectivity index (χ3n) is 4.73. The van der Waals surface area contributed by atoms with Crippen molar-refractivity contribution in [1.29, 1.82) is 0 Å². The molecule has 0 amide bonds. The Bertz CT molecular complexity index is 421. The molecule has 0 radical (unpaired) electrons. The van der Waals surface area contributed by atoms with Crippen LogP contribution in [0.3, 0.4) is 0 Å². The first-order chi connectivity index (χ1) is 9.63. The minimum Gasteiger partial charge on any atom is -0.315 e. The second-order valence-electron chi connectivity index (χ2n) is 6.26. The van der Waals surface area contributed by atoms with Crippen molar-refractivity contribution < 1.29 is 0 Å². The lowest BCUT2D eigenvalue weighted by atomic mass is 9.97. The molecular formula is C18H30N2. The highest BCUT2D eigenvalue weighted by atomic mass is 15.2. The van der Waals surface area contributed by atoms with Gasteiger partial charge in [0.25, 0.3) is 0 Å². The maximum absolute atomic E-state index is 3.56. The van der Waals surface area contributed by atoms with E-state index in [1.165, 1.54) is 49.0 Å². The van der Waals surface area contributed by atoms with Gasteiger partial charge in [0, 0.05) is 18.6 Å². The van der Waals surface area contributed by atoms with Gasteiger partial charge in [-0.2, -0.15) is 0 Å². The Morgan fingerprint density at radius 1 is 1.30 bits per heavy atom. The summed E-state index contributed by atoms with van der Waals surface area (Å²) in [5.74, 6) is 0. The molecule has 2 unspecified atom stereocenters. The number of aryl methyl sites for hydroxylation is 2. The molecule has 0 bridgehead atoms. The highest BCUT2D eigenvalue weighted by Gasteiger charge is 2.25. The van der Waals surface area contributed by atoms with E-state index in [1.54, 1.807) is 0 Å². The fourth-order valence-electron chi connectivity index (χ4n) is 3.28. The summed E-state index contributed by atoms with van der Waals surface area (Å²) in [5, 5.41) is 3.56. The molecule has 0 saturated carbocycles. The zero-order valence-electron chi connectivity index (χ0n) is 13.6.